The maximum Gasteiger partial charge on any atom is 0.253 e. The quantitative estimate of drug-likeness (QED) is 0.763. The number of hydrogen-bond acceptors (Lipinski definition) is 3. The molecule has 2 fully saturated rings. The fourth-order valence-corrected chi connectivity index (χ4v) is 3.97. The lowest BCUT2D eigenvalue weighted by atomic mass is 9.95. The smallest absolute Gasteiger partial charge is 0.253 e. The molecule has 1 aromatic rings. The van der Waals surface area contributed by atoms with Crippen LogP contribution in [0, 0.1) is 11.8 Å². The zero-order valence-corrected chi connectivity index (χ0v) is 17.5. The number of rotatable bonds is 4. The molecular weight excluding hydrogens is 409 g/mol. The predicted octanol–water partition coefficient (Wildman–Crippen LogP) is 3.38. The third kappa shape index (κ3) is 5.98. The van der Waals surface area contributed by atoms with Gasteiger partial charge in [-0.15, -0.1) is 12.4 Å². The minimum absolute atomic E-state index is 0. The summed E-state index contributed by atoms with van der Waals surface area (Å²) in [7, 11) is 0. The molecule has 2 aliphatic heterocycles. The van der Waals surface area contributed by atoms with Crippen molar-refractivity contribution in [2.45, 2.75) is 25.7 Å². The number of nitrogens with one attached hydrogen (secondary N) is 2. The maximum atomic E-state index is 12.7. The van der Waals surface area contributed by atoms with Crippen LogP contribution in [0.25, 0.3) is 0 Å². The number of halogens is 3. The number of nitrogens with zero attached hydrogens (tertiary/aromatic N) is 1. The van der Waals surface area contributed by atoms with Crippen LogP contribution in [0.4, 0.5) is 0 Å². The summed E-state index contributed by atoms with van der Waals surface area (Å²) in [5, 5.41) is 7.24. The van der Waals surface area contributed by atoms with E-state index in [9.17, 15) is 9.59 Å². The normalized spacial score (nSPS) is 22.7. The molecular formula is C19H26Cl3N3O2. The van der Waals surface area contributed by atoms with E-state index in [1.54, 1.807) is 23.1 Å². The summed E-state index contributed by atoms with van der Waals surface area (Å²) in [4.78, 5) is 27.0. The Bertz CT molecular complexity index is 666. The van der Waals surface area contributed by atoms with Gasteiger partial charge in [-0.05, 0) is 62.9 Å². The second-order valence-corrected chi connectivity index (χ2v) is 7.99. The first-order chi connectivity index (χ1) is 12.5. The number of benzene rings is 1. The van der Waals surface area contributed by atoms with Crippen molar-refractivity contribution in [3.8, 4) is 0 Å². The van der Waals surface area contributed by atoms with Crippen LogP contribution in [0.1, 0.15) is 36.0 Å². The molecule has 1 aromatic carbocycles. The molecule has 2 saturated heterocycles. The van der Waals surface area contributed by atoms with E-state index in [0.29, 0.717) is 41.2 Å². The summed E-state index contributed by atoms with van der Waals surface area (Å²) in [6, 6.07) is 4.89. The van der Waals surface area contributed by atoms with E-state index in [2.05, 4.69) is 10.6 Å². The van der Waals surface area contributed by atoms with Gasteiger partial charge in [-0.2, -0.15) is 0 Å². The highest BCUT2D eigenvalue weighted by Crippen LogP contribution is 2.25. The van der Waals surface area contributed by atoms with E-state index in [1.165, 1.54) is 0 Å². The average Bonchev–Trinajstić information content (AvgIpc) is 2.68. The molecule has 2 atom stereocenters. The third-order valence-corrected chi connectivity index (χ3v) is 5.95. The summed E-state index contributed by atoms with van der Waals surface area (Å²) in [5.74, 6) is 0.317. The van der Waals surface area contributed by atoms with Gasteiger partial charge in [0.05, 0.1) is 16.0 Å². The number of carbonyl (C=O) groups is 2. The largest absolute Gasteiger partial charge is 0.355 e. The molecule has 0 aromatic heterocycles. The van der Waals surface area contributed by atoms with Crippen LogP contribution in [-0.4, -0.2) is 49.4 Å². The van der Waals surface area contributed by atoms with E-state index < -0.39 is 0 Å². The molecule has 0 bridgehead atoms. The Balaban J connectivity index is 0.00000261. The van der Waals surface area contributed by atoms with Gasteiger partial charge in [0, 0.05) is 25.2 Å². The summed E-state index contributed by atoms with van der Waals surface area (Å²) in [6.07, 6.45) is 3.96. The van der Waals surface area contributed by atoms with Crippen LogP contribution in [-0.2, 0) is 4.79 Å². The highest BCUT2D eigenvalue weighted by Gasteiger charge is 2.29. The summed E-state index contributed by atoms with van der Waals surface area (Å²) >= 11 is 11.9. The Kier molecular flexibility index (Phi) is 8.67. The summed E-state index contributed by atoms with van der Waals surface area (Å²) in [6.45, 7) is 3.86. The zero-order valence-electron chi connectivity index (χ0n) is 15.2. The first kappa shape index (κ1) is 22.3. The molecule has 2 aliphatic rings. The van der Waals surface area contributed by atoms with Gasteiger partial charge in [-0.1, -0.05) is 23.2 Å². The lowest BCUT2D eigenvalue weighted by Crippen LogP contribution is -2.47. The van der Waals surface area contributed by atoms with Crippen molar-refractivity contribution in [1.29, 1.82) is 0 Å². The molecule has 150 valence electrons. The molecule has 2 heterocycles. The molecule has 8 heteroatoms. The van der Waals surface area contributed by atoms with E-state index >= 15 is 0 Å². The van der Waals surface area contributed by atoms with E-state index in [1.807, 2.05) is 0 Å². The fourth-order valence-electron chi connectivity index (χ4n) is 3.67. The van der Waals surface area contributed by atoms with Crippen molar-refractivity contribution in [2.75, 3.05) is 32.7 Å². The molecule has 2 unspecified atom stereocenters. The van der Waals surface area contributed by atoms with Crippen molar-refractivity contribution >= 4 is 47.4 Å². The van der Waals surface area contributed by atoms with Gasteiger partial charge in [0.15, 0.2) is 0 Å². The van der Waals surface area contributed by atoms with E-state index in [-0.39, 0.29) is 30.1 Å². The minimum atomic E-state index is -0.146. The molecule has 0 radical (unpaired) electrons. The molecule has 0 aliphatic carbocycles. The van der Waals surface area contributed by atoms with Gasteiger partial charge in [-0.3, -0.25) is 9.59 Å². The molecule has 5 nitrogen and oxygen atoms in total. The number of hydrogen-bond donors (Lipinski definition) is 2. The standard InChI is InChI=1S/C19H25Cl2N3O2.ClH/c20-16-6-5-14(9-17(16)21)19(26)24-8-2-4-15(12-24)18(25)23-11-13-3-1-7-22-10-13;/h5-6,9,13,15,22H,1-4,7-8,10-12H2,(H,23,25);1H. The highest BCUT2D eigenvalue weighted by molar-refractivity contribution is 6.42. The number of amides is 2. The van der Waals surface area contributed by atoms with Gasteiger partial charge in [-0.25, -0.2) is 0 Å². The Morgan fingerprint density at radius 2 is 2.00 bits per heavy atom. The van der Waals surface area contributed by atoms with Crippen molar-refractivity contribution in [2.24, 2.45) is 11.8 Å². The van der Waals surface area contributed by atoms with Gasteiger partial charge in [0.2, 0.25) is 5.91 Å². The topological polar surface area (TPSA) is 61.4 Å². The first-order valence-corrected chi connectivity index (χ1v) is 10.0. The highest BCUT2D eigenvalue weighted by atomic mass is 35.5. The SMILES string of the molecule is Cl.O=C(NCC1CCCNC1)C1CCCN(C(=O)c2ccc(Cl)c(Cl)c2)C1. The van der Waals surface area contributed by atoms with Crippen molar-refractivity contribution < 1.29 is 9.59 Å². The molecule has 2 amide bonds. The van der Waals surface area contributed by atoms with Crippen molar-refractivity contribution in [3.63, 3.8) is 0 Å². The van der Waals surface area contributed by atoms with Crippen LogP contribution in [0.15, 0.2) is 18.2 Å². The van der Waals surface area contributed by atoms with Gasteiger partial charge in [0.1, 0.15) is 0 Å². The molecule has 3 rings (SSSR count). The number of carbonyl (C=O) groups excluding carboxylic acids is 2. The summed E-state index contributed by atoms with van der Waals surface area (Å²) in [5.41, 5.74) is 0.508. The molecule has 0 spiro atoms. The van der Waals surface area contributed by atoms with Crippen LogP contribution in [0.3, 0.4) is 0 Å². The van der Waals surface area contributed by atoms with Gasteiger partial charge in [0.25, 0.3) is 5.91 Å². The first-order valence-electron chi connectivity index (χ1n) is 9.27. The second kappa shape index (κ2) is 10.5. The number of piperidine rings is 2. The van der Waals surface area contributed by atoms with Gasteiger partial charge >= 0.3 is 0 Å². The summed E-state index contributed by atoms with van der Waals surface area (Å²) < 4.78 is 0. The Hall–Kier alpha value is -1.01. The zero-order chi connectivity index (χ0) is 18.5. The Labute approximate surface area is 176 Å². The van der Waals surface area contributed by atoms with Crippen molar-refractivity contribution in [3.05, 3.63) is 33.8 Å². The van der Waals surface area contributed by atoms with E-state index in [0.717, 1.165) is 38.8 Å². The minimum Gasteiger partial charge on any atom is -0.355 e. The van der Waals surface area contributed by atoms with Crippen LogP contribution in [0.5, 0.6) is 0 Å². The van der Waals surface area contributed by atoms with Crippen molar-refractivity contribution in [1.82, 2.24) is 15.5 Å². The fraction of sp³-hybridized carbons (Fsp3) is 0.579. The lowest BCUT2D eigenvalue weighted by molar-refractivity contribution is -0.126. The predicted molar refractivity (Wildman–Crippen MR) is 111 cm³/mol. The molecule has 0 saturated carbocycles. The monoisotopic (exact) mass is 433 g/mol. The van der Waals surface area contributed by atoms with Crippen LogP contribution >= 0.6 is 35.6 Å². The van der Waals surface area contributed by atoms with Crippen LogP contribution in [0.2, 0.25) is 10.0 Å². The van der Waals surface area contributed by atoms with E-state index in [4.69, 9.17) is 23.2 Å². The lowest BCUT2D eigenvalue weighted by Gasteiger charge is -2.32. The molecule has 2 N–H and O–H groups in total. The third-order valence-electron chi connectivity index (χ3n) is 5.21. The Morgan fingerprint density at radius 3 is 2.70 bits per heavy atom. The average molecular weight is 435 g/mol. The second-order valence-electron chi connectivity index (χ2n) is 7.18. The van der Waals surface area contributed by atoms with Crippen LogP contribution < -0.4 is 10.6 Å². The Morgan fingerprint density at radius 1 is 1.19 bits per heavy atom. The number of likely N-dealkylation sites (tertiary alicyclic amines) is 1. The molecule has 27 heavy (non-hydrogen) atoms. The maximum absolute atomic E-state index is 12.7. The van der Waals surface area contributed by atoms with Gasteiger partial charge < -0.3 is 15.5 Å².